The molecule has 0 radical (unpaired) electrons. The van der Waals surface area contributed by atoms with Crippen LogP contribution in [0.5, 0.6) is 0 Å². The van der Waals surface area contributed by atoms with Crippen LogP contribution in [-0.2, 0) is 0 Å². The summed E-state index contributed by atoms with van der Waals surface area (Å²) in [5.74, 6) is -0.872. The van der Waals surface area contributed by atoms with Crippen LogP contribution in [0.25, 0.3) is 16.7 Å². The van der Waals surface area contributed by atoms with Crippen molar-refractivity contribution < 1.29 is 9.18 Å². The molecule has 1 saturated heterocycles. The Bertz CT molecular complexity index is 1370. The van der Waals surface area contributed by atoms with E-state index in [0.717, 1.165) is 24.5 Å². The third-order valence-corrected chi connectivity index (χ3v) is 5.83. The smallest absolute Gasteiger partial charge is 0.257 e. The van der Waals surface area contributed by atoms with Gasteiger partial charge in [0.05, 0.1) is 28.3 Å². The summed E-state index contributed by atoms with van der Waals surface area (Å²) >= 11 is 0. The van der Waals surface area contributed by atoms with E-state index in [1.54, 1.807) is 36.0 Å². The third kappa shape index (κ3) is 4.00. The van der Waals surface area contributed by atoms with Gasteiger partial charge in [0.15, 0.2) is 11.5 Å². The summed E-state index contributed by atoms with van der Waals surface area (Å²) in [7, 11) is 0. The summed E-state index contributed by atoms with van der Waals surface area (Å²) < 4.78 is 16.0. The second-order valence-electron chi connectivity index (χ2n) is 8.86. The molecule has 4 aromatic rings. The Kier molecular flexibility index (Phi) is 5.20. The number of rotatable bonds is 3. The fourth-order valence-corrected chi connectivity index (χ4v) is 4.58. The van der Waals surface area contributed by atoms with Gasteiger partial charge in [0, 0.05) is 49.8 Å². The van der Waals surface area contributed by atoms with Crippen molar-refractivity contribution >= 4 is 34.0 Å². The highest BCUT2D eigenvalue weighted by Gasteiger charge is 2.25. The summed E-state index contributed by atoms with van der Waals surface area (Å²) in [6.07, 6.45) is 5.07. The molecule has 3 aromatic heterocycles. The second-order valence-corrected chi connectivity index (χ2v) is 8.86. The molecule has 5 rings (SSSR count). The van der Waals surface area contributed by atoms with Gasteiger partial charge in [0.1, 0.15) is 11.0 Å². The number of piperazine rings is 1. The summed E-state index contributed by atoms with van der Waals surface area (Å²) in [5.41, 5.74) is 4.54. The number of pyridine rings is 1. The van der Waals surface area contributed by atoms with Crippen molar-refractivity contribution in [1.29, 1.82) is 0 Å². The van der Waals surface area contributed by atoms with Gasteiger partial charge in [-0.2, -0.15) is 0 Å². The van der Waals surface area contributed by atoms with Gasteiger partial charge in [-0.1, -0.05) is 0 Å². The second kappa shape index (κ2) is 8.08. The van der Waals surface area contributed by atoms with Crippen molar-refractivity contribution in [3.8, 4) is 0 Å². The number of fused-ring (bicyclic) bond motifs is 2. The fraction of sp³-hybridized carbons (Fsp3) is 0.333. The number of aryl methyl sites for hydroxylation is 2. The molecule has 9 heteroatoms. The van der Waals surface area contributed by atoms with Crippen LogP contribution in [0.1, 0.15) is 35.6 Å². The van der Waals surface area contributed by atoms with Crippen LogP contribution in [-0.4, -0.2) is 50.4 Å². The molecule has 0 saturated carbocycles. The molecule has 0 spiro atoms. The van der Waals surface area contributed by atoms with Crippen LogP contribution in [0.4, 0.5) is 15.8 Å². The van der Waals surface area contributed by atoms with Crippen LogP contribution >= 0.6 is 0 Å². The quantitative estimate of drug-likeness (QED) is 0.500. The van der Waals surface area contributed by atoms with E-state index in [4.69, 9.17) is 0 Å². The van der Waals surface area contributed by atoms with E-state index < -0.39 is 5.82 Å². The summed E-state index contributed by atoms with van der Waals surface area (Å²) in [6.45, 7) is 9.62. The van der Waals surface area contributed by atoms with Crippen molar-refractivity contribution in [2.75, 3.05) is 23.3 Å². The first-order valence-electron chi connectivity index (χ1n) is 11.0. The molecule has 4 heterocycles. The number of nitrogens with one attached hydrogen (secondary N) is 2. The van der Waals surface area contributed by atoms with Gasteiger partial charge in [0.2, 0.25) is 0 Å². The van der Waals surface area contributed by atoms with E-state index in [1.165, 1.54) is 6.07 Å². The molecule has 0 unspecified atom stereocenters. The monoisotopic (exact) mass is 447 g/mol. The Labute approximate surface area is 190 Å². The molecule has 1 aliphatic rings. The van der Waals surface area contributed by atoms with Gasteiger partial charge in [-0.25, -0.2) is 14.4 Å². The van der Waals surface area contributed by atoms with Crippen molar-refractivity contribution in [3.05, 3.63) is 59.6 Å². The van der Waals surface area contributed by atoms with Gasteiger partial charge in [0.25, 0.3) is 5.91 Å². The van der Waals surface area contributed by atoms with Crippen molar-refractivity contribution in [2.24, 2.45) is 0 Å². The number of anilines is 2. The molecule has 1 aliphatic heterocycles. The summed E-state index contributed by atoms with van der Waals surface area (Å²) in [6, 6.07) is 5.64. The van der Waals surface area contributed by atoms with Crippen LogP contribution < -0.4 is 15.5 Å². The maximum Gasteiger partial charge on any atom is 0.257 e. The van der Waals surface area contributed by atoms with Gasteiger partial charge in [-0.15, -0.1) is 0 Å². The molecule has 2 N–H and O–H groups in total. The molecule has 0 aliphatic carbocycles. The first kappa shape index (κ1) is 21.3. The van der Waals surface area contributed by atoms with Crippen LogP contribution in [0.2, 0.25) is 0 Å². The van der Waals surface area contributed by atoms with E-state index in [-0.39, 0.29) is 11.6 Å². The van der Waals surface area contributed by atoms with Crippen LogP contribution in [0, 0.1) is 19.7 Å². The summed E-state index contributed by atoms with van der Waals surface area (Å²) in [5, 5.41) is 6.34. The number of amides is 1. The van der Waals surface area contributed by atoms with Gasteiger partial charge in [-0.3, -0.25) is 9.78 Å². The standard InChI is InChI=1S/C24H26FN7O/c1-13-8-26-22-20(31-9-14(2)27-15(3)10-31)6-5-18(21(22)28-13)24(33)30-17-7-19(25)23-29-16(4)11-32(23)12-17/h5-8,11-12,14-15,27H,9-10H2,1-4H3,(H,30,33)/t14-,15-/m0/s1. The molecular weight excluding hydrogens is 421 g/mol. The van der Waals surface area contributed by atoms with Gasteiger partial charge in [-0.05, 0) is 39.8 Å². The SMILES string of the molecule is Cc1cnc2c(N3C[C@H](C)N[C@@H](C)C3)ccc(C(=O)Nc3cc(F)c4nc(C)cn4c3)c2n1. The Hall–Kier alpha value is -3.59. The Balaban J connectivity index is 1.53. The lowest BCUT2D eigenvalue weighted by atomic mass is 10.1. The average Bonchev–Trinajstić information content (AvgIpc) is 3.12. The molecule has 1 aromatic carbocycles. The summed E-state index contributed by atoms with van der Waals surface area (Å²) in [4.78, 5) is 29.0. The van der Waals surface area contributed by atoms with E-state index in [2.05, 4.69) is 44.3 Å². The number of hydrogen-bond acceptors (Lipinski definition) is 6. The number of aromatic nitrogens is 4. The lowest BCUT2D eigenvalue weighted by Crippen LogP contribution is -2.54. The fourth-order valence-electron chi connectivity index (χ4n) is 4.58. The number of benzene rings is 1. The molecule has 33 heavy (non-hydrogen) atoms. The van der Waals surface area contributed by atoms with E-state index >= 15 is 0 Å². The van der Waals surface area contributed by atoms with Gasteiger partial charge >= 0.3 is 0 Å². The third-order valence-electron chi connectivity index (χ3n) is 5.83. The normalized spacial score (nSPS) is 18.8. The van der Waals surface area contributed by atoms with E-state index in [9.17, 15) is 9.18 Å². The molecule has 2 atom stereocenters. The Morgan fingerprint density at radius 1 is 1.09 bits per heavy atom. The van der Waals surface area contributed by atoms with Crippen molar-refractivity contribution in [2.45, 2.75) is 39.8 Å². The Morgan fingerprint density at radius 2 is 1.85 bits per heavy atom. The number of carbonyl (C=O) groups is 1. The maximum absolute atomic E-state index is 14.5. The maximum atomic E-state index is 14.5. The predicted octanol–water partition coefficient (Wildman–Crippen LogP) is 3.47. The molecule has 8 nitrogen and oxygen atoms in total. The lowest BCUT2D eigenvalue weighted by Gasteiger charge is -2.38. The molecule has 0 bridgehead atoms. The minimum atomic E-state index is -0.501. The first-order chi connectivity index (χ1) is 15.8. The molecular formula is C24H26FN7O. The zero-order chi connectivity index (χ0) is 23.3. The van der Waals surface area contributed by atoms with Crippen LogP contribution in [0.15, 0.2) is 36.8 Å². The number of hydrogen-bond donors (Lipinski definition) is 2. The molecule has 170 valence electrons. The average molecular weight is 448 g/mol. The van der Waals surface area contributed by atoms with Crippen molar-refractivity contribution in [3.63, 3.8) is 0 Å². The highest BCUT2D eigenvalue weighted by molar-refractivity contribution is 6.13. The lowest BCUT2D eigenvalue weighted by molar-refractivity contribution is 0.102. The number of carbonyl (C=O) groups excluding carboxylic acids is 1. The zero-order valence-corrected chi connectivity index (χ0v) is 19.1. The number of nitrogens with zero attached hydrogens (tertiary/aromatic N) is 5. The highest BCUT2D eigenvalue weighted by atomic mass is 19.1. The first-order valence-corrected chi connectivity index (χ1v) is 11.0. The van der Waals surface area contributed by atoms with E-state index in [1.807, 2.05) is 13.0 Å². The minimum Gasteiger partial charge on any atom is -0.367 e. The Morgan fingerprint density at radius 3 is 2.61 bits per heavy atom. The molecule has 1 amide bonds. The largest absolute Gasteiger partial charge is 0.367 e. The highest BCUT2D eigenvalue weighted by Crippen LogP contribution is 2.29. The topological polar surface area (TPSA) is 87.5 Å². The van der Waals surface area contributed by atoms with Crippen LogP contribution in [0.3, 0.4) is 0 Å². The predicted molar refractivity (Wildman–Crippen MR) is 126 cm³/mol. The minimum absolute atomic E-state index is 0.223. The number of imidazole rings is 1. The zero-order valence-electron chi connectivity index (χ0n) is 19.1. The van der Waals surface area contributed by atoms with Crippen molar-refractivity contribution in [1.82, 2.24) is 24.7 Å². The van der Waals surface area contributed by atoms with Gasteiger partial charge < -0.3 is 19.9 Å². The van der Waals surface area contributed by atoms with E-state index in [0.29, 0.717) is 40.1 Å². The number of halogens is 1. The molecule has 1 fully saturated rings.